The minimum absolute atomic E-state index is 0.0512. The van der Waals surface area contributed by atoms with E-state index in [1.807, 2.05) is 84.9 Å². The average molecular weight is 970 g/mol. The van der Waals surface area contributed by atoms with Crippen LogP contribution in [0.3, 0.4) is 0 Å². The van der Waals surface area contributed by atoms with Crippen molar-refractivity contribution in [3.63, 3.8) is 0 Å². The standard InChI is InChI=1S/C31H34ClNO3.C27H31NO6/c1-23(32)21-31(16-6-7-17-31)29(34)20-27(30(35)33(2)22-28-11-8-18-36-28)19-24-12-14-26(15-13-24)25-9-4-3-5-10-25;1-28(18-25(32)33)26(34)22(16-23(29)27(17-24(30)31)13-5-6-14-27)15-19-9-11-21(12-10-19)20-7-3-2-4-8-20/h3-5,8-15,18,27H,1,6-7,16-17,19-22H2,2H3;2-4,7-12,22H,5-6,13-18H2,1H3,(H,30,31)(H,32,33)/t27-;22-/m11/s1. The number of furan rings is 1. The molecular weight excluding hydrogens is 904 g/mol. The largest absolute Gasteiger partial charge is 0.481 e. The Morgan fingerprint density at radius 2 is 0.986 bits per heavy atom. The first-order valence-electron chi connectivity index (χ1n) is 24.2. The molecule has 368 valence electrons. The topological polar surface area (TPSA) is 162 Å². The molecule has 1 heterocycles. The number of benzene rings is 4. The molecule has 70 heavy (non-hydrogen) atoms. The molecule has 0 saturated heterocycles. The van der Waals surface area contributed by atoms with Gasteiger partial charge in [-0.1, -0.05) is 153 Å². The van der Waals surface area contributed by atoms with Crippen molar-refractivity contribution in [1.29, 1.82) is 0 Å². The van der Waals surface area contributed by atoms with Crippen LogP contribution in [0.25, 0.3) is 22.3 Å². The summed E-state index contributed by atoms with van der Waals surface area (Å²) in [6.45, 7) is 3.77. The Balaban J connectivity index is 0.000000230. The lowest BCUT2D eigenvalue weighted by atomic mass is 9.74. The summed E-state index contributed by atoms with van der Waals surface area (Å²) < 4.78 is 5.44. The number of likely N-dealkylation sites (N-methyl/N-ethyl adjacent to an activating group) is 1. The van der Waals surface area contributed by atoms with Crippen molar-refractivity contribution in [3.8, 4) is 22.3 Å². The van der Waals surface area contributed by atoms with Gasteiger partial charge in [0.05, 0.1) is 19.2 Å². The van der Waals surface area contributed by atoms with Crippen molar-refractivity contribution in [2.24, 2.45) is 22.7 Å². The zero-order valence-corrected chi connectivity index (χ0v) is 41.1. The van der Waals surface area contributed by atoms with Gasteiger partial charge in [-0.2, -0.15) is 0 Å². The Bertz CT molecular complexity index is 2550. The van der Waals surface area contributed by atoms with E-state index in [4.69, 9.17) is 21.1 Å². The number of hydrogen-bond acceptors (Lipinski definition) is 7. The first-order chi connectivity index (χ1) is 33.6. The molecule has 2 amide bonds. The quantitative estimate of drug-likeness (QED) is 0.0687. The van der Waals surface area contributed by atoms with E-state index in [1.54, 1.807) is 18.2 Å². The predicted molar refractivity (Wildman–Crippen MR) is 272 cm³/mol. The SMILES string of the molecule is C=C(Cl)CC1(C(=O)C[C@@H](Cc2ccc(-c3ccccc3)cc2)C(=O)N(C)Cc2ccco2)CCCC1.CN(CC(=O)O)C(=O)[C@@H](CC(=O)C1(CC(=O)O)CCCC1)Cc1ccc(-c2ccccc2)cc1. The first-order valence-corrected chi connectivity index (χ1v) is 24.6. The van der Waals surface area contributed by atoms with Crippen molar-refractivity contribution in [2.75, 3.05) is 20.6 Å². The minimum atomic E-state index is -1.13. The van der Waals surface area contributed by atoms with Gasteiger partial charge in [0.25, 0.3) is 0 Å². The second-order valence-electron chi connectivity index (χ2n) is 19.3. The fraction of sp³-hybridized carbons (Fsp3) is 0.379. The second-order valence-corrected chi connectivity index (χ2v) is 19.8. The molecule has 12 heteroatoms. The van der Waals surface area contributed by atoms with Gasteiger partial charge in [-0.25, -0.2) is 0 Å². The van der Waals surface area contributed by atoms with Gasteiger partial charge in [-0.3, -0.25) is 28.8 Å². The second kappa shape index (κ2) is 24.8. The van der Waals surface area contributed by atoms with Crippen LogP contribution in [0.1, 0.15) is 93.9 Å². The molecule has 2 saturated carbocycles. The number of carbonyl (C=O) groups is 6. The van der Waals surface area contributed by atoms with E-state index < -0.39 is 47.1 Å². The van der Waals surface area contributed by atoms with E-state index in [-0.39, 0.29) is 43.2 Å². The summed E-state index contributed by atoms with van der Waals surface area (Å²) >= 11 is 6.18. The lowest BCUT2D eigenvalue weighted by molar-refractivity contribution is -0.148. The number of ketones is 2. The average Bonchev–Trinajstić information content (AvgIpc) is 4.16. The highest BCUT2D eigenvalue weighted by molar-refractivity contribution is 6.29. The van der Waals surface area contributed by atoms with Crippen LogP contribution < -0.4 is 0 Å². The number of nitrogens with zero attached hydrogens (tertiary/aromatic N) is 2. The molecule has 2 fully saturated rings. The van der Waals surface area contributed by atoms with E-state index >= 15 is 0 Å². The molecule has 0 radical (unpaired) electrons. The molecule has 2 aliphatic carbocycles. The van der Waals surface area contributed by atoms with Crippen LogP contribution in [0.4, 0.5) is 0 Å². The molecule has 5 aromatic rings. The molecule has 0 bridgehead atoms. The maximum absolute atomic E-state index is 13.7. The number of Topliss-reactive ketones (excluding diaryl/α,β-unsaturated/α-hetero) is 2. The van der Waals surface area contributed by atoms with E-state index in [0.717, 1.165) is 76.8 Å². The van der Waals surface area contributed by atoms with Crippen LogP contribution in [0, 0.1) is 22.7 Å². The Kier molecular flexibility index (Phi) is 18.7. The summed E-state index contributed by atoms with van der Waals surface area (Å²) in [6.07, 6.45) is 8.97. The highest BCUT2D eigenvalue weighted by Gasteiger charge is 2.45. The molecule has 1 aromatic heterocycles. The maximum atomic E-state index is 13.7. The number of carbonyl (C=O) groups excluding carboxylic acids is 4. The molecule has 2 N–H and O–H groups in total. The highest BCUT2D eigenvalue weighted by atomic mass is 35.5. The van der Waals surface area contributed by atoms with Crippen LogP contribution in [-0.2, 0) is 48.2 Å². The number of rotatable bonds is 22. The normalized spacial score (nSPS) is 15.4. The Morgan fingerprint density at radius 3 is 1.37 bits per heavy atom. The number of aliphatic carboxylic acids is 2. The number of carboxylic acids is 2. The monoisotopic (exact) mass is 968 g/mol. The zero-order chi connectivity index (χ0) is 50.3. The molecule has 0 spiro atoms. The fourth-order valence-electron chi connectivity index (χ4n) is 10.4. The third kappa shape index (κ3) is 14.5. The Morgan fingerprint density at radius 1 is 0.571 bits per heavy atom. The predicted octanol–water partition coefficient (Wildman–Crippen LogP) is 11.5. The van der Waals surface area contributed by atoms with Crippen LogP contribution in [0.2, 0.25) is 0 Å². The molecule has 2 atom stereocenters. The van der Waals surface area contributed by atoms with Crippen molar-refractivity contribution in [1.82, 2.24) is 9.80 Å². The van der Waals surface area contributed by atoms with Gasteiger partial charge in [-0.15, -0.1) is 0 Å². The Labute approximate surface area is 416 Å². The van der Waals surface area contributed by atoms with Gasteiger partial charge in [0.2, 0.25) is 11.8 Å². The van der Waals surface area contributed by atoms with E-state index in [9.17, 15) is 33.9 Å². The van der Waals surface area contributed by atoms with Crippen LogP contribution in [0.5, 0.6) is 0 Å². The fourth-order valence-corrected chi connectivity index (χ4v) is 10.6. The van der Waals surface area contributed by atoms with E-state index in [0.29, 0.717) is 43.0 Å². The lowest BCUT2D eigenvalue weighted by Crippen LogP contribution is -2.40. The smallest absolute Gasteiger partial charge is 0.323 e. The van der Waals surface area contributed by atoms with Crippen molar-refractivity contribution >= 4 is 46.9 Å². The molecule has 11 nitrogen and oxygen atoms in total. The summed E-state index contributed by atoms with van der Waals surface area (Å²) in [6, 6.07) is 39.7. The first kappa shape index (κ1) is 52.8. The maximum Gasteiger partial charge on any atom is 0.323 e. The van der Waals surface area contributed by atoms with Gasteiger partial charge in [0.1, 0.15) is 23.9 Å². The van der Waals surface area contributed by atoms with Crippen LogP contribution in [0.15, 0.2) is 144 Å². The van der Waals surface area contributed by atoms with Crippen molar-refractivity contribution in [2.45, 2.75) is 96.4 Å². The number of hydrogen-bond donors (Lipinski definition) is 2. The van der Waals surface area contributed by atoms with Gasteiger partial charge in [0.15, 0.2) is 0 Å². The molecule has 0 unspecified atom stereocenters. The molecule has 7 rings (SSSR count). The lowest BCUT2D eigenvalue weighted by Gasteiger charge is -2.30. The molecule has 2 aliphatic rings. The summed E-state index contributed by atoms with van der Waals surface area (Å²) in [7, 11) is 3.18. The van der Waals surface area contributed by atoms with Gasteiger partial charge in [-0.05, 0) is 90.5 Å². The zero-order valence-electron chi connectivity index (χ0n) is 40.3. The molecule has 4 aromatic carbocycles. The number of carboxylic acid groups (broad SMARTS) is 2. The van der Waals surface area contributed by atoms with Crippen LogP contribution in [-0.4, -0.2) is 76.0 Å². The molecule has 0 aliphatic heterocycles. The summed E-state index contributed by atoms with van der Waals surface area (Å²) in [5.74, 6) is -3.21. The number of allylic oxidation sites excluding steroid dienone is 1. The number of halogens is 1. The Hall–Kier alpha value is -6.59. The van der Waals surface area contributed by atoms with Gasteiger partial charge < -0.3 is 24.4 Å². The summed E-state index contributed by atoms with van der Waals surface area (Å²) in [5, 5.41) is 19.0. The van der Waals surface area contributed by atoms with E-state index in [1.165, 1.54) is 7.05 Å². The van der Waals surface area contributed by atoms with Gasteiger partial charge in [0, 0.05) is 54.6 Å². The van der Waals surface area contributed by atoms with E-state index in [2.05, 4.69) is 43.0 Å². The van der Waals surface area contributed by atoms with Gasteiger partial charge >= 0.3 is 11.9 Å². The van der Waals surface area contributed by atoms with Crippen LogP contribution >= 0.6 is 11.6 Å². The summed E-state index contributed by atoms with van der Waals surface area (Å²) in [5.41, 5.74) is 4.82. The molecular formula is C58H65ClN2O9. The van der Waals surface area contributed by atoms with Crippen molar-refractivity contribution < 1.29 is 43.4 Å². The summed E-state index contributed by atoms with van der Waals surface area (Å²) in [4.78, 5) is 79.2. The third-order valence-corrected chi connectivity index (χ3v) is 14.2. The number of amides is 2. The third-order valence-electron chi connectivity index (χ3n) is 14.1. The minimum Gasteiger partial charge on any atom is -0.481 e. The van der Waals surface area contributed by atoms with Crippen molar-refractivity contribution in [3.05, 3.63) is 156 Å². The highest BCUT2D eigenvalue weighted by Crippen LogP contribution is 2.46.